The first-order valence-electron chi connectivity index (χ1n) is 9.76. The maximum atomic E-state index is 13.2. The molecule has 0 bridgehead atoms. The molecule has 0 fully saturated rings. The van der Waals surface area contributed by atoms with Crippen molar-refractivity contribution in [1.29, 1.82) is 0 Å². The zero-order valence-electron chi connectivity index (χ0n) is 17.4. The van der Waals surface area contributed by atoms with E-state index in [2.05, 4.69) is 10.3 Å². The maximum absolute atomic E-state index is 13.2. The largest absolute Gasteiger partial charge is 0.481 e. The normalized spacial score (nSPS) is 10.9. The molecule has 1 amide bonds. The van der Waals surface area contributed by atoms with Crippen LogP contribution in [0.2, 0.25) is 10.2 Å². The van der Waals surface area contributed by atoms with Crippen LogP contribution in [-0.2, 0) is 11.3 Å². The molecule has 0 aliphatic heterocycles. The fourth-order valence-corrected chi connectivity index (χ4v) is 3.94. The van der Waals surface area contributed by atoms with Gasteiger partial charge in [0.1, 0.15) is 5.15 Å². The molecule has 4 aromatic rings. The van der Waals surface area contributed by atoms with Crippen LogP contribution in [0.4, 0.5) is 5.69 Å². The minimum atomic E-state index is -0.799. The highest BCUT2D eigenvalue weighted by Crippen LogP contribution is 2.32. The van der Waals surface area contributed by atoms with Gasteiger partial charge in [-0.1, -0.05) is 47.0 Å². The number of carbonyl (C=O) groups is 2. The maximum Gasteiger partial charge on any atom is 0.296 e. The molecule has 2 heterocycles. The summed E-state index contributed by atoms with van der Waals surface area (Å²) in [6.07, 6.45) is 1.48. The van der Waals surface area contributed by atoms with Crippen LogP contribution in [0.15, 0.2) is 60.8 Å². The van der Waals surface area contributed by atoms with Crippen molar-refractivity contribution in [3.8, 4) is 5.88 Å². The summed E-state index contributed by atoms with van der Waals surface area (Å²) in [5.41, 5.74) is 3.23. The average molecular weight is 468 g/mol. The molecule has 162 valence electrons. The zero-order valence-corrected chi connectivity index (χ0v) is 18.9. The van der Waals surface area contributed by atoms with E-state index in [0.29, 0.717) is 28.5 Å². The Labute approximate surface area is 194 Å². The number of nitrogens with zero attached hydrogens (tertiary/aromatic N) is 2. The van der Waals surface area contributed by atoms with E-state index >= 15 is 0 Å². The van der Waals surface area contributed by atoms with E-state index in [1.165, 1.54) is 19.4 Å². The predicted octanol–water partition coefficient (Wildman–Crippen LogP) is 5.53. The van der Waals surface area contributed by atoms with E-state index in [0.717, 1.165) is 16.6 Å². The second kappa shape index (κ2) is 9.02. The highest BCUT2D eigenvalue weighted by molar-refractivity contribution is 6.51. The van der Waals surface area contributed by atoms with Gasteiger partial charge in [0.15, 0.2) is 0 Å². The van der Waals surface area contributed by atoms with E-state index in [9.17, 15) is 9.59 Å². The van der Waals surface area contributed by atoms with Gasteiger partial charge < -0.3 is 14.6 Å². The summed E-state index contributed by atoms with van der Waals surface area (Å²) in [4.78, 5) is 30.0. The van der Waals surface area contributed by atoms with Gasteiger partial charge in [-0.05, 0) is 42.8 Å². The summed E-state index contributed by atoms with van der Waals surface area (Å²) < 4.78 is 6.87. The van der Waals surface area contributed by atoms with Crippen LogP contribution >= 0.6 is 23.2 Å². The number of Topliss-reactive ketones (excluding diaryl/α,β-unsaturated/α-hetero) is 1. The Bertz CT molecular complexity index is 1330. The number of nitrogens with one attached hydrogen (secondary N) is 1. The van der Waals surface area contributed by atoms with Crippen molar-refractivity contribution >= 4 is 51.5 Å². The van der Waals surface area contributed by atoms with Crippen molar-refractivity contribution < 1.29 is 14.3 Å². The first-order chi connectivity index (χ1) is 15.4. The molecule has 0 atom stereocenters. The van der Waals surface area contributed by atoms with Crippen molar-refractivity contribution in [2.45, 2.75) is 13.5 Å². The number of amides is 1. The summed E-state index contributed by atoms with van der Waals surface area (Å²) in [5, 5.41) is 4.05. The van der Waals surface area contributed by atoms with Gasteiger partial charge >= 0.3 is 0 Å². The molecule has 6 nitrogen and oxygen atoms in total. The van der Waals surface area contributed by atoms with E-state index in [4.69, 9.17) is 27.9 Å². The molecular weight excluding hydrogens is 449 g/mol. The molecule has 8 heteroatoms. The van der Waals surface area contributed by atoms with E-state index in [-0.39, 0.29) is 10.7 Å². The standard InChI is InChI=1S/C24H19Cl2N3O3/c1-14-3-8-19-18(11-14)21(23(26)29(19)13-15-4-6-16(25)7-5-15)22(30)24(31)28-17-9-10-27-20(12-17)32-2/h3-12H,13H2,1-2H3,(H,27,28,31). The lowest BCUT2D eigenvalue weighted by Gasteiger charge is -2.08. The molecule has 0 spiro atoms. The Hall–Kier alpha value is -3.35. The zero-order chi connectivity index (χ0) is 22.8. The van der Waals surface area contributed by atoms with Crippen molar-refractivity contribution in [3.05, 3.63) is 87.7 Å². The minimum Gasteiger partial charge on any atom is -0.481 e. The van der Waals surface area contributed by atoms with Crippen molar-refractivity contribution in [2.75, 3.05) is 12.4 Å². The van der Waals surface area contributed by atoms with Crippen LogP contribution in [0.3, 0.4) is 0 Å². The number of methoxy groups -OCH3 is 1. The highest BCUT2D eigenvalue weighted by Gasteiger charge is 2.27. The van der Waals surface area contributed by atoms with Crippen LogP contribution in [0.5, 0.6) is 5.88 Å². The topological polar surface area (TPSA) is 73.2 Å². The van der Waals surface area contributed by atoms with Gasteiger partial charge in [-0.25, -0.2) is 4.98 Å². The third-order valence-electron chi connectivity index (χ3n) is 5.04. The van der Waals surface area contributed by atoms with E-state index in [1.54, 1.807) is 18.2 Å². The Morgan fingerprint density at radius 3 is 2.53 bits per heavy atom. The molecule has 0 unspecified atom stereocenters. The van der Waals surface area contributed by atoms with Gasteiger partial charge in [0.25, 0.3) is 11.7 Å². The molecule has 2 aromatic heterocycles. The number of aromatic nitrogens is 2. The molecule has 32 heavy (non-hydrogen) atoms. The summed E-state index contributed by atoms with van der Waals surface area (Å²) >= 11 is 12.7. The molecule has 0 aliphatic carbocycles. The third-order valence-corrected chi connectivity index (χ3v) is 5.69. The van der Waals surface area contributed by atoms with E-state index < -0.39 is 11.7 Å². The second-order valence-corrected chi connectivity index (χ2v) is 8.06. The SMILES string of the molecule is COc1cc(NC(=O)C(=O)c2c(Cl)n(Cc3ccc(Cl)cc3)c3ccc(C)cc23)ccn1. The van der Waals surface area contributed by atoms with Crippen LogP contribution < -0.4 is 10.1 Å². The number of benzene rings is 2. The number of pyridine rings is 1. The number of fused-ring (bicyclic) bond motifs is 1. The van der Waals surface area contributed by atoms with Crippen LogP contribution in [0.1, 0.15) is 21.5 Å². The van der Waals surface area contributed by atoms with Gasteiger partial charge in [0.05, 0.1) is 18.2 Å². The summed E-state index contributed by atoms with van der Waals surface area (Å²) in [6, 6.07) is 16.2. The van der Waals surface area contributed by atoms with Crippen LogP contribution in [0.25, 0.3) is 10.9 Å². The summed E-state index contributed by atoms with van der Waals surface area (Å²) in [6.45, 7) is 2.34. The lowest BCUT2D eigenvalue weighted by atomic mass is 10.1. The Morgan fingerprint density at radius 2 is 1.81 bits per heavy atom. The number of anilines is 1. The first kappa shape index (κ1) is 21.9. The molecule has 0 aliphatic rings. The molecule has 1 N–H and O–H groups in total. The quantitative estimate of drug-likeness (QED) is 0.298. The number of rotatable bonds is 6. The number of aryl methyl sites for hydroxylation is 1. The molecular formula is C24H19Cl2N3O3. The van der Waals surface area contributed by atoms with Gasteiger partial charge in [-0.2, -0.15) is 0 Å². The molecule has 0 saturated carbocycles. The van der Waals surface area contributed by atoms with Crippen molar-refractivity contribution in [3.63, 3.8) is 0 Å². The average Bonchev–Trinajstić information content (AvgIpc) is 3.05. The Balaban J connectivity index is 1.73. The van der Waals surface area contributed by atoms with Gasteiger partial charge in [0.2, 0.25) is 5.88 Å². The lowest BCUT2D eigenvalue weighted by molar-refractivity contribution is -0.112. The van der Waals surface area contributed by atoms with Gasteiger partial charge in [-0.15, -0.1) is 0 Å². The monoisotopic (exact) mass is 467 g/mol. The number of halogens is 2. The van der Waals surface area contributed by atoms with Crippen molar-refractivity contribution in [2.24, 2.45) is 0 Å². The number of ketones is 1. The van der Waals surface area contributed by atoms with Crippen LogP contribution in [-0.4, -0.2) is 28.4 Å². The smallest absolute Gasteiger partial charge is 0.296 e. The van der Waals surface area contributed by atoms with Gasteiger partial charge in [-0.3, -0.25) is 9.59 Å². The van der Waals surface area contributed by atoms with Crippen molar-refractivity contribution in [1.82, 2.24) is 9.55 Å². The summed E-state index contributed by atoms with van der Waals surface area (Å²) in [7, 11) is 1.47. The first-order valence-corrected chi connectivity index (χ1v) is 10.5. The molecule has 0 saturated heterocycles. The Kier molecular flexibility index (Phi) is 6.17. The fraction of sp³-hybridized carbons (Fsp3) is 0.125. The number of hydrogen-bond acceptors (Lipinski definition) is 4. The number of hydrogen-bond donors (Lipinski definition) is 1. The van der Waals surface area contributed by atoms with E-state index in [1.807, 2.05) is 41.8 Å². The predicted molar refractivity (Wildman–Crippen MR) is 126 cm³/mol. The molecule has 2 aromatic carbocycles. The second-order valence-electron chi connectivity index (χ2n) is 7.27. The third kappa shape index (κ3) is 4.33. The Morgan fingerprint density at radius 1 is 1.06 bits per heavy atom. The number of carbonyl (C=O) groups excluding carboxylic acids is 2. The molecule has 0 radical (unpaired) electrons. The number of ether oxygens (including phenoxy) is 1. The van der Waals surface area contributed by atoms with Gasteiger partial charge in [0, 0.05) is 34.9 Å². The fourth-order valence-electron chi connectivity index (χ4n) is 3.48. The highest BCUT2D eigenvalue weighted by atomic mass is 35.5. The van der Waals surface area contributed by atoms with Crippen LogP contribution in [0, 0.1) is 6.92 Å². The summed E-state index contributed by atoms with van der Waals surface area (Å²) in [5.74, 6) is -1.20. The minimum absolute atomic E-state index is 0.165. The lowest BCUT2D eigenvalue weighted by Crippen LogP contribution is -2.23. The molecule has 4 rings (SSSR count).